The summed E-state index contributed by atoms with van der Waals surface area (Å²) >= 11 is 1.46. The van der Waals surface area contributed by atoms with E-state index < -0.39 is 0 Å². The molecule has 1 aliphatic rings. The molecule has 0 saturated carbocycles. The van der Waals surface area contributed by atoms with Gasteiger partial charge < -0.3 is 10.6 Å². The minimum Gasteiger partial charge on any atom is -0.317 e. The monoisotopic (exact) mass is 378 g/mol. The molecule has 1 amide bonds. The number of carbonyl (C=O) groups is 1. The van der Waals surface area contributed by atoms with Crippen molar-refractivity contribution in [2.75, 3.05) is 18.4 Å². The summed E-state index contributed by atoms with van der Waals surface area (Å²) in [6, 6.07) is 11.8. The summed E-state index contributed by atoms with van der Waals surface area (Å²) < 4.78 is 0. The summed E-state index contributed by atoms with van der Waals surface area (Å²) in [7, 11) is 0. The van der Waals surface area contributed by atoms with E-state index in [1.54, 1.807) is 18.6 Å². The molecule has 0 aliphatic carbocycles. The summed E-state index contributed by atoms with van der Waals surface area (Å²) in [4.78, 5) is 20.9. The summed E-state index contributed by atoms with van der Waals surface area (Å²) in [5, 5.41) is 7.95. The van der Waals surface area contributed by atoms with Crippen LogP contribution in [0.25, 0.3) is 10.6 Å². The second-order valence-electron chi connectivity index (χ2n) is 6.81. The van der Waals surface area contributed by atoms with Gasteiger partial charge in [-0.2, -0.15) is 0 Å². The highest BCUT2D eigenvalue weighted by Gasteiger charge is 2.14. The van der Waals surface area contributed by atoms with Gasteiger partial charge in [0.25, 0.3) is 5.91 Å². The van der Waals surface area contributed by atoms with Crippen molar-refractivity contribution in [3.8, 4) is 10.6 Å². The van der Waals surface area contributed by atoms with E-state index in [0.717, 1.165) is 41.0 Å². The van der Waals surface area contributed by atoms with E-state index >= 15 is 0 Å². The Hall–Kier alpha value is -2.57. The fourth-order valence-electron chi connectivity index (χ4n) is 3.36. The van der Waals surface area contributed by atoms with E-state index in [1.807, 2.05) is 24.3 Å². The van der Waals surface area contributed by atoms with E-state index in [1.165, 1.54) is 29.7 Å². The molecule has 0 bridgehead atoms. The van der Waals surface area contributed by atoms with E-state index in [0.29, 0.717) is 5.56 Å². The van der Waals surface area contributed by atoms with Gasteiger partial charge in [0.15, 0.2) is 0 Å². The summed E-state index contributed by atoms with van der Waals surface area (Å²) in [6.45, 7) is 2.23. The molecule has 1 fully saturated rings. The molecule has 1 saturated heterocycles. The maximum atomic E-state index is 12.5. The van der Waals surface area contributed by atoms with Crippen LogP contribution in [0.5, 0.6) is 0 Å². The number of hydrogen-bond donors (Lipinski definition) is 2. The lowest BCUT2D eigenvalue weighted by Crippen LogP contribution is -2.28. The molecule has 3 heterocycles. The highest BCUT2D eigenvalue weighted by molar-refractivity contribution is 7.19. The fraction of sp³-hybridized carbons (Fsp3) is 0.286. The third kappa shape index (κ3) is 4.59. The van der Waals surface area contributed by atoms with Gasteiger partial charge in [-0.25, -0.2) is 4.98 Å². The van der Waals surface area contributed by atoms with Crippen molar-refractivity contribution in [2.24, 2.45) is 5.92 Å². The van der Waals surface area contributed by atoms with E-state index in [-0.39, 0.29) is 5.91 Å². The number of pyridine rings is 1. The van der Waals surface area contributed by atoms with Gasteiger partial charge in [0.2, 0.25) is 0 Å². The van der Waals surface area contributed by atoms with Crippen molar-refractivity contribution >= 4 is 22.2 Å². The number of amides is 1. The molecule has 1 aliphatic heterocycles. The lowest BCUT2D eigenvalue weighted by Gasteiger charge is -2.22. The molecule has 0 spiro atoms. The van der Waals surface area contributed by atoms with E-state index in [2.05, 4.69) is 32.7 Å². The minimum absolute atomic E-state index is 0.103. The highest BCUT2D eigenvalue weighted by atomic mass is 32.1. The average Bonchev–Trinajstić information content (AvgIpc) is 3.18. The van der Waals surface area contributed by atoms with Crippen molar-refractivity contribution in [3.63, 3.8) is 0 Å². The van der Waals surface area contributed by atoms with Crippen LogP contribution in [0.3, 0.4) is 0 Å². The largest absolute Gasteiger partial charge is 0.317 e. The Morgan fingerprint density at radius 2 is 1.85 bits per heavy atom. The Morgan fingerprint density at radius 1 is 1.11 bits per heavy atom. The Morgan fingerprint density at radius 3 is 2.59 bits per heavy atom. The zero-order valence-corrected chi connectivity index (χ0v) is 15.8. The standard InChI is InChI=1S/C21H22N4OS/c26-20(25-19-14-24-21(27-19)18-7-11-23-12-8-18)17-3-1-15(2-4-17)13-16-5-9-22-10-6-16/h1-4,7-8,11-12,14,16,22H,5-6,9-10,13H2,(H,25,26). The van der Waals surface area contributed by atoms with E-state index in [9.17, 15) is 4.79 Å². The van der Waals surface area contributed by atoms with Gasteiger partial charge in [-0.15, -0.1) is 0 Å². The number of thiazole rings is 1. The lowest BCUT2D eigenvalue weighted by molar-refractivity contribution is 0.102. The number of piperidine rings is 1. The molecule has 3 aromatic rings. The van der Waals surface area contributed by atoms with Crippen molar-refractivity contribution < 1.29 is 4.79 Å². The molecule has 5 nitrogen and oxygen atoms in total. The topological polar surface area (TPSA) is 66.9 Å². The quantitative estimate of drug-likeness (QED) is 0.704. The molecule has 2 aromatic heterocycles. The van der Waals surface area contributed by atoms with Crippen LogP contribution < -0.4 is 10.6 Å². The van der Waals surface area contributed by atoms with Crippen LogP contribution in [-0.2, 0) is 6.42 Å². The number of anilines is 1. The molecule has 0 unspecified atom stereocenters. The molecule has 4 rings (SSSR count). The van der Waals surface area contributed by atoms with Crippen molar-refractivity contribution in [3.05, 3.63) is 66.1 Å². The molecule has 138 valence electrons. The number of nitrogens with one attached hydrogen (secondary N) is 2. The first kappa shape index (κ1) is 17.8. The maximum absolute atomic E-state index is 12.5. The Balaban J connectivity index is 1.37. The van der Waals surface area contributed by atoms with Crippen LogP contribution >= 0.6 is 11.3 Å². The average molecular weight is 379 g/mol. The SMILES string of the molecule is O=C(Nc1cnc(-c2ccncc2)s1)c1ccc(CC2CCNCC2)cc1. The van der Waals surface area contributed by atoms with Crippen LogP contribution in [-0.4, -0.2) is 29.0 Å². The number of hydrogen-bond acceptors (Lipinski definition) is 5. The predicted molar refractivity (Wildman–Crippen MR) is 109 cm³/mol. The molecule has 6 heteroatoms. The number of rotatable bonds is 5. The number of carbonyl (C=O) groups excluding carboxylic acids is 1. The van der Waals surface area contributed by atoms with Gasteiger partial charge >= 0.3 is 0 Å². The second-order valence-corrected chi connectivity index (χ2v) is 7.84. The first-order chi connectivity index (χ1) is 13.3. The first-order valence-corrected chi connectivity index (χ1v) is 10.1. The van der Waals surface area contributed by atoms with Gasteiger partial charge in [-0.3, -0.25) is 9.78 Å². The summed E-state index contributed by atoms with van der Waals surface area (Å²) in [6.07, 6.45) is 8.72. The minimum atomic E-state index is -0.103. The van der Waals surface area contributed by atoms with Gasteiger partial charge in [-0.05, 0) is 68.1 Å². The molecule has 27 heavy (non-hydrogen) atoms. The normalized spacial score (nSPS) is 14.8. The van der Waals surface area contributed by atoms with Crippen LogP contribution in [0, 0.1) is 5.92 Å². The Labute approximate surface area is 162 Å². The third-order valence-corrected chi connectivity index (χ3v) is 5.83. The molecular weight excluding hydrogens is 356 g/mol. The number of benzene rings is 1. The third-order valence-electron chi connectivity index (χ3n) is 4.87. The molecule has 0 atom stereocenters. The van der Waals surface area contributed by atoms with Crippen LogP contribution in [0.15, 0.2) is 55.0 Å². The maximum Gasteiger partial charge on any atom is 0.256 e. The van der Waals surface area contributed by atoms with Gasteiger partial charge in [-0.1, -0.05) is 23.5 Å². The zero-order valence-electron chi connectivity index (χ0n) is 15.0. The van der Waals surface area contributed by atoms with Gasteiger partial charge in [0.05, 0.1) is 6.20 Å². The Kier molecular flexibility index (Phi) is 5.55. The van der Waals surface area contributed by atoms with Crippen LogP contribution in [0.4, 0.5) is 5.00 Å². The Bertz CT molecular complexity index is 886. The van der Waals surface area contributed by atoms with Crippen molar-refractivity contribution in [1.29, 1.82) is 0 Å². The summed E-state index contributed by atoms with van der Waals surface area (Å²) in [5.41, 5.74) is 2.97. The highest BCUT2D eigenvalue weighted by Crippen LogP contribution is 2.28. The number of nitrogens with zero attached hydrogens (tertiary/aromatic N) is 2. The zero-order chi connectivity index (χ0) is 18.5. The van der Waals surface area contributed by atoms with E-state index in [4.69, 9.17) is 0 Å². The van der Waals surface area contributed by atoms with Crippen LogP contribution in [0.2, 0.25) is 0 Å². The van der Waals surface area contributed by atoms with Gasteiger partial charge in [0, 0.05) is 23.5 Å². The smallest absolute Gasteiger partial charge is 0.256 e. The number of aromatic nitrogens is 2. The van der Waals surface area contributed by atoms with Gasteiger partial charge in [0.1, 0.15) is 10.0 Å². The molecule has 2 N–H and O–H groups in total. The summed E-state index contributed by atoms with van der Waals surface area (Å²) in [5.74, 6) is 0.642. The van der Waals surface area contributed by atoms with Crippen molar-refractivity contribution in [1.82, 2.24) is 15.3 Å². The fourth-order valence-corrected chi connectivity index (χ4v) is 4.17. The molecule has 1 aromatic carbocycles. The molecular formula is C21H22N4OS. The lowest BCUT2D eigenvalue weighted by atomic mass is 9.91. The molecule has 0 radical (unpaired) electrons. The van der Waals surface area contributed by atoms with Crippen molar-refractivity contribution in [2.45, 2.75) is 19.3 Å². The predicted octanol–water partition coefficient (Wildman–Crippen LogP) is 4.00. The second kappa shape index (κ2) is 8.41. The first-order valence-electron chi connectivity index (χ1n) is 9.25. The van der Waals surface area contributed by atoms with Crippen LogP contribution in [0.1, 0.15) is 28.8 Å².